The van der Waals surface area contributed by atoms with Crippen molar-refractivity contribution >= 4 is 23.7 Å². The fraction of sp³-hybridized carbons (Fsp3) is 0. The lowest BCUT2D eigenvalue weighted by Gasteiger charge is -1.83. The molecule has 0 rings (SSSR count). The van der Waals surface area contributed by atoms with E-state index >= 15 is 0 Å². The Balaban J connectivity index is 2.34. The highest BCUT2D eigenvalue weighted by molar-refractivity contribution is 6.07. The maximum Gasteiger partial charge on any atom is 0.103 e. The Labute approximate surface area is 43.6 Å². The Kier molecular flexibility index (Phi) is 5.80. The molecule has 0 saturated carbocycles. The standard InChI is InChI=1S/Cl2O4/c1-3-5-6-4-2. The predicted octanol–water partition coefficient (Wildman–Crippen LogP) is 1.11. The average molecular weight is 135 g/mol. The van der Waals surface area contributed by atoms with Crippen molar-refractivity contribution in [2.45, 2.75) is 0 Å². The van der Waals surface area contributed by atoms with Crippen LogP contribution < -0.4 is 0 Å². The molecule has 0 aliphatic carbocycles. The SMILES string of the molecule is ClOOOOCl. The fourth-order valence-corrected chi connectivity index (χ4v) is 0.0630. The zero-order valence-corrected chi connectivity index (χ0v) is 3.90. The van der Waals surface area contributed by atoms with Crippen molar-refractivity contribution in [3.63, 3.8) is 0 Å². The highest BCUT2D eigenvalue weighted by Gasteiger charge is 1.78. The van der Waals surface area contributed by atoms with Crippen molar-refractivity contribution in [1.82, 2.24) is 0 Å². The van der Waals surface area contributed by atoms with Crippen LogP contribution in [0.3, 0.4) is 0 Å². The third-order valence-electron chi connectivity index (χ3n) is 0.0792. The van der Waals surface area contributed by atoms with Crippen LogP contribution in [0.5, 0.6) is 0 Å². The van der Waals surface area contributed by atoms with Crippen LogP contribution >= 0.6 is 23.7 Å². The lowest BCUT2D eigenvalue weighted by Crippen LogP contribution is -1.81. The molecule has 0 N–H and O–H groups in total. The topological polar surface area (TPSA) is 36.9 Å². The van der Waals surface area contributed by atoms with Gasteiger partial charge in [-0.05, 0) is 10.1 Å². The fourth-order valence-electron chi connectivity index (χ4n) is 0.0210. The van der Waals surface area contributed by atoms with Crippen LogP contribution in [0.1, 0.15) is 0 Å². The van der Waals surface area contributed by atoms with Gasteiger partial charge in [0.15, 0.2) is 0 Å². The lowest BCUT2D eigenvalue weighted by molar-refractivity contribution is -0.578. The number of hydrogen-bond acceptors (Lipinski definition) is 4. The molecule has 0 atom stereocenters. The van der Waals surface area contributed by atoms with Crippen molar-refractivity contribution in [2.24, 2.45) is 0 Å². The van der Waals surface area contributed by atoms with Crippen molar-refractivity contribution in [3.8, 4) is 0 Å². The minimum atomic E-state index is 3.32. The van der Waals surface area contributed by atoms with E-state index in [0.29, 0.717) is 0 Å². The molecule has 0 aliphatic heterocycles. The first-order valence-electron chi connectivity index (χ1n) is 0.809. The summed E-state index contributed by atoms with van der Waals surface area (Å²) in [5.41, 5.74) is 0. The van der Waals surface area contributed by atoms with Gasteiger partial charge in [0.25, 0.3) is 0 Å². The molecule has 38 valence electrons. The van der Waals surface area contributed by atoms with Crippen LogP contribution in [-0.4, -0.2) is 0 Å². The second-order valence-electron chi connectivity index (χ2n) is 0.262. The van der Waals surface area contributed by atoms with Crippen LogP contribution in [0.2, 0.25) is 0 Å². The Morgan fingerprint density at radius 2 is 1.17 bits per heavy atom. The van der Waals surface area contributed by atoms with Crippen molar-refractivity contribution in [1.29, 1.82) is 0 Å². The van der Waals surface area contributed by atoms with Gasteiger partial charge >= 0.3 is 0 Å². The van der Waals surface area contributed by atoms with E-state index in [4.69, 9.17) is 0 Å². The molecule has 0 radical (unpaired) electrons. The van der Waals surface area contributed by atoms with E-state index in [1.54, 1.807) is 0 Å². The molecule has 6 heteroatoms. The molecule has 0 aromatic carbocycles. The van der Waals surface area contributed by atoms with E-state index in [1.165, 1.54) is 0 Å². The first-order chi connectivity index (χ1) is 2.91. The summed E-state index contributed by atoms with van der Waals surface area (Å²) in [5, 5.41) is 6.79. The van der Waals surface area contributed by atoms with Crippen molar-refractivity contribution in [3.05, 3.63) is 0 Å². The zero-order valence-electron chi connectivity index (χ0n) is 2.39. The molecule has 6 heavy (non-hydrogen) atoms. The molecule has 0 saturated heterocycles. The average Bonchev–Trinajstić information content (AvgIpc) is 1.61. The van der Waals surface area contributed by atoms with Crippen LogP contribution in [0.25, 0.3) is 0 Å². The third-order valence-corrected chi connectivity index (χ3v) is 0.182. The minimum absolute atomic E-state index is 3.32. The summed E-state index contributed by atoms with van der Waals surface area (Å²) in [6.07, 6.45) is 0. The normalized spacial score (nSPS) is 9.00. The predicted molar refractivity (Wildman–Crippen MR) is 16.0 cm³/mol. The molecule has 0 bridgehead atoms. The highest BCUT2D eigenvalue weighted by Crippen LogP contribution is 1.86. The van der Waals surface area contributed by atoms with Gasteiger partial charge in [-0.3, -0.25) is 0 Å². The lowest BCUT2D eigenvalue weighted by atomic mass is 14.4. The molecule has 4 nitrogen and oxygen atoms in total. The van der Waals surface area contributed by atoms with Gasteiger partial charge < -0.3 is 0 Å². The Morgan fingerprint density at radius 1 is 0.833 bits per heavy atom. The number of hydrogen-bond donors (Lipinski definition) is 0. The second-order valence-corrected chi connectivity index (χ2v) is 0.514. The molecule has 0 amide bonds. The van der Waals surface area contributed by atoms with Gasteiger partial charge in [-0.25, -0.2) is 0 Å². The van der Waals surface area contributed by atoms with Gasteiger partial charge in [-0.15, -0.1) is 0 Å². The largest absolute Gasteiger partial charge is 0.103 e. The first-order valence-corrected chi connectivity index (χ1v) is 1.43. The van der Waals surface area contributed by atoms with E-state index in [2.05, 4.69) is 42.7 Å². The van der Waals surface area contributed by atoms with E-state index in [9.17, 15) is 0 Å². The van der Waals surface area contributed by atoms with Gasteiger partial charge in [0.1, 0.15) is 23.7 Å². The molecular formula is Cl2O4. The second kappa shape index (κ2) is 5.42. The van der Waals surface area contributed by atoms with Crippen LogP contribution in [-0.2, 0) is 19.0 Å². The summed E-state index contributed by atoms with van der Waals surface area (Å²) in [5.74, 6) is 0. The molecule has 0 aromatic rings. The van der Waals surface area contributed by atoms with Crippen LogP contribution in [0, 0.1) is 0 Å². The van der Waals surface area contributed by atoms with E-state index < -0.39 is 0 Å². The summed E-state index contributed by atoms with van der Waals surface area (Å²) < 4.78 is 6.65. The molecule has 0 spiro atoms. The summed E-state index contributed by atoms with van der Waals surface area (Å²) in [4.78, 5) is 0. The van der Waals surface area contributed by atoms with E-state index in [0.717, 1.165) is 0 Å². The molecule has 0 aromatic heterocycles. The maximum absolute atomic E-state index is 4.39. The van der Waals surface area contributed by atoms with Crippen molar-refractivity contribution in [2.75, 3.05) is 0 Å². The summed E-state index contributed by atoms with van der Waals surface area (Å²) in [6, 6.07) is 0. The highest BCUT2D eigenvalue weighted by atomic mass is 35.5. The minimum Gasteiger partial charge on any atom is -0.0869 e. The third kappa shape index (κ3) is 4.42. The Morgan fingerprint density at radius 3 is 1.33 bits per heavy atom. The van der Waals surface area contributed by atoms with Crippen LogP contribution in [0.4, 0.5) is 0 Å². The number of halogens is 2. The summed E-state index contributed by atoms with van der Waals surface area (Å²) >= 11 is 8.79. The van der Waals surface area contributed by atoms with E-state index in [-0.39, 0.29) is 0 Å². The monoisotopic (exact) mass is 134 g/mol. The van der Waals surface area contributed by atoms with Gasteiger partial charge in [0, 0.05) is 0 Å². The smallest absolute Gasteiger partial charge is 0.0869 e. The Hall–Kier alpha value is 0.420. The first kappa shape index (κ1) is 6.42. The maximum atomic E-state index is 4.39. The molecule has 0 heterocycles. The van der Waals surface area contributed by atoms with E-state index in [1.807, 2.05) is 0 Å². The molecular weight excluding hydrogens is 135 g/mol. The van der Waals surface area contributed by atoms with Gasteiger partial charge in [0.05, 0.1) is 0 Å². The molecule has 0 fully saturated rings. The van der Waals surface area contributed by atoms with Crippen LogP contribution in [0.15, 0.2) is 0 Å². The summed E-state index contributed by atoms with van der Waals surface area (Å²) in [6.45, 7) is 0. The Bertz CT molecular complexity index is 17.5. The quantitative estimate of drug-likeness (QED) is 0.330. The zero-order chi connectivity index (χ0) is 4.83. The molecule has 0 aliphatic rings. The summed E-state index contributed by atoms with van der Waals surface area (Å²) in [7, 11) is 0. The van der Waals surface area contributed by atoms with Gasteiger partial charge in [0.2, 0.25) is 0 Å². The van der Waals surface area contributed by atoms with Gasteiger partial charge in [-0.1, -0.05) is 8.88 Å². The van der Waals surface area contributed by atoms with Crippen molar-refractivity contribution < 1.29 is 19.0 Å². The number of rotatable bonds is 3. The molecule has 0 unspecified atom stereocenters. The van der Waals surface area contributed by atoms with Gasteiger partial charge in [-0.2, -0.15) is 0 Å².